The minimum atomic E-state index is -0.266. The Balaban J connectivity index is 1.45. The van der Waals surface area contributed by atoms with Crippen LogP contribution in [0.5, 0.6) is 11.5 Å². The third-order valence-corrected chi connectivity index (χ3v) is 5.56. The predicted octanol–water partition coefficient (Wildman–Crippen LogP) is 3.21. The van der Waals surface area contributed by atoms with Gasteiger partial charge in [-0.05, 0) is 22.9 Å². The molecule has 0 fully saturated rings. The number of fused-ring (bicyclic) bond motifs is 2. The van der Waals surface area contributed by atoms with Crippen molar-refractivity contribution in [1.82, 2.24) is 19.7 Å². The molecule has 0 saturated carbocycles. The van der Waals surface area contributed by atoms with E-state index in [9.17, 15) is 15.0 Å². The first kappa shape index (κ1) is 18.2. The van der Waals surface area contributed by atoms with Crippen LogP contribution in [0, 0.1) is 0 Å². The minimum Gasteiger partial charge on any atom is -0.508 e. The smallest absolute Gasteiger partial charge is 0.257 e. The number of phenolic OH excluding ortho intramolecular Hbond substituents is 2. The Morgan fingerprint density at radius 2 is 1.73 bits per heavy atom. The molecule has 0 atom stereocenters. The molecule has 2 heterocycles. The molecule has 0 aliphatic carbocycles. The minimum absolute atomic E-state index is 0.0779. The number of carbonyl (C=O) groups is 1. The first-order chi connectivity index (χ1) is 14.6. The molecule has 0 saturated heterocycles. The SMILES string of the molecule is O=C(c1ccc(O)cc1O)N1CCc2nnc(-c3cccc4ccccc34)n2CC1. The molecule has 0 unspecified atom stereocenters. The number of amides is 1. The lowest BCUT2D eigenvalue weighted by atomic mass is 10.0. The fourth-order valence-corrected chi connectivity index (χ4v) is 4.02. The molecule has 5 rings (SSSR count). The van der Waals surface area contributed by atoms with Gasteiger partial charge in [0.1, 0.15) is 17.3 Å². The van der Waals surface area contributed by atoms with Gasteiger partial charge in [-0.25, -0.2) is 0 Å². The van der Waals surface area contributed by atoms with Crippen molar-refractivity contribution < 1.29 is 15.0 Å². The molecule has 1 amide bonds. The third kappa shape index (κ3) is 3.04. The van der Waals surface area contributed by atoms with Crippen LogP contribution in [0.15, 0.2) is 60.7 Å². The number of rotatable bonds is 2. The summed E-state index contributed by atoms with van der Waals surface area (Å²) in [4.78, 5) is 14.6. The molecule has 150 valence electrons. The second kappa shape index (κ2) is 7.18. The normalized spacial score (nSPS) is 13.8. The van der Waals surface area contributed by atoms with Crippen molar-refractivity contribution in [2.45, 2.75) is 13.0 Å². The molecule has 4 aromatic rings. The van der Waals surface area contributed by atoms with E-state index in [0.717, 1.165) is 28.0 Å². The zero-order chi connectivity index (χ0) is 20.7. The number of hydrogen-bond acceptors (Lipinski definition) is 5. The quantitative estimate of drug-likeness (QED) is 0.539. The summed E-state index contributed by atoms with van der Waals surface area (Å²) >= 11 is 0. The molecule has 1 aromatic heterocycles. The second-order valence-electron chi connectivity index (χ2n) is 7.36. The lowest BCUT2D eigenvalue weighted by Gasteiger charge is -2.20. The monoisotopic (exact) mass is 400 g/mol. The van der Waals surface area contributed by atoms with Crippen LogP contribution >= 0.6 is 0 Å². The standard InChI is InChI=1S/C23H20N4O3/c28-16-8-9-19(20(29)14-16)23(30)26-11-10-21-24-25-22(27(21)13-12-26)18-7-3-5-15-4-1-2-6-17(15)18/h1-9,14,28-29H,10-13H2. The van der Waals surface area contributed by atoms with Gasteiger partial charge >= 0.3 is 0 Å². The molecule has 1 aliphatic heterocycles. The molecule has 7 nitrogen and oxygen atoms in total. The van der Waals surface area contributed by atoms with Gasteiger partial charge in [0.15, 0.2) is 5.82 Å². The van der Waals surface area contributed by atoms with Crippen molar-refractivity contribution in [3.63, 3.8) is 0 Å². The Kier molecular flexibility index (Phi) is 4.35. The van der Waals surface area contributed by atoms with Crippen molar-refractivity contribution >= 4 is 16.7 Å². The maximum absolute atomic E-state index is 12.9. The van der Waals surface area contributed by atoms with Crippen molar-refractivity contribution in [2.75, 3.05) is 13.1 Å². The van der Waals surface area contributed by atoms with Gasteiger partial charge in [-0.15, -0.1) is 10.2 Å². The summed E-state index contributed by atoms with van der Waals surface area (Å²) in [6.45, 7) is 1.51. The van der Waals surface area contributed by atoms with Crippen LogP contribution in [0.3, 0.4) is 0 Å². The fourth-order valence-electron chi connectivity index (χ4n) is 4.02. The van der Waals surface area contributed by atoms with Crippen LogP contribution < -0.4 is 0 Å². The van der Waals surface area contributed by atoms with Gasteiger partial charge in [-0.2, -0.15) is 0 Å². The number of carbonyl (C=O) groups excluding carboxylic acids is 1. The largest absolute Gasteiger partial charge is 0.508 e. The van der Waals surface area contributed by atoms with Gasteiger partial charge in [0.25, 0.3) is 5.91 Å². The van der Waals surface area contributed by atoms with Crippen molar-refractivity contribution in [3.05, 3.63) is 72.1 Å². The van der Waals surface area contributed by atoms with E-state index in [0.29, 0.717) is 26.1 Å². The highest BCUT2D eigenvalue weighted by Crippen LogP contribution is 2.29. The summed E-state index contributed by atoms with van der Waals surface area (Å²) in [5.74, 6) is 1.07. The van der Waals surface area contributed by atoms with Crippen LogP contribution in [0.4, 0.5) is 0 Å². The summed E-state index contributed by atoms with van der Waals surface area (Å²) in [5.41, 5.74) is 1.20. The molecule has 1 aliphatic rings. The second-order valence-corrected chi connectivity index (χ2v) is 7.36. The molecule has 2 N–H and O–H groups in total. The van der Waals surface area contributed by atoms with Crippen LogP contribution in [-0.2, 0) is 13.0 Å². The third-order valence-electron chi connectivity index (χ3n) is 5.56. The lowest BCUT2D eigenvalue weighted by molar-refractivity contribution is 0.0756. The number of phenols is 2. The highest BCUT2D eigenvalue weighted by molar-refractivity contribution is 5.97. The van der Waals surface area contributed by atoms with E-state index in [2.05, 4.69) is 33.0 Å². The molecule has 0 radical (unpaired) electrons. The number of nitrogens with zero attached hydrogens (tertiary/aromatic N) is 4. The van der Waals surface area contributed by atoms with E-state index in [1.165, 1.54) is 18.2 Å². The topological polar surface area (TPSA) is 91.5 Å². The van der Waals surface area contributed by atoms with Gasteiger partial charge in [-0.3, -0.25) is 4.79 Å². The van der Waals surface area contributed by atoms with Crippen LogP contribution in [0.2, 0.25) is 0 Å². The van der Waals surface area contributed by atoms with Crippen molar-refractivity contribution in [1.29, 1.82) is 0 Å². The molecular formula is C23H20N4O3. The maximum Gasteiger partial charge on any atom is 0.257 e. The maximum atomic E-state index is 12.9. The zero-order valence-corrected chi connectivity index (χ0v) is 16.2. The van der Waals surface area contributed by atoms with E-state index in [-0.39, 0.29) is 23.0 Å². The van der Waals surface area contributed by atoms with E-state index < -0.39 is 0 Å². The van der Waals surface area contributed by atoms with E-state index in [4.69, 9.17) is 0 Å². The Hall–Kier alpha value is -3.87. The van der Waals surface area contributed by atoms with Gasteiger partial charge in [0.2, 0.25) is 0 Å². The summed E-state index contributed by atoms with van der Waals surface area (Å²) in [5, 5.41) is 30.6. The number of aromatic nitrogens is 3. The van der Waals surface area contributed by atoms with E-state index >= 15 is 0 Å². The van der Waals surface area contributed by atoms with Crippen LogP contribution in [-0.4, -0.2) is 48.9 Å². The fraction of sp³-hybridized carbons (Fsp3) is 0.174. The highest BCUT2D eigenvalue weighted by atomic mass is 16.3. The average Bonchev–Trinajstić information content (AvgIpc) is 3.03. The molecule has 30 heavy (non-hydrogen) atoms. The summed E-state index contributed by atoms with van der Waals surface area (Å²) < 4.78 is 2.08. The number of hydrogen-bond donors (Lipinski definition) is 2. The summed E-state index contributed by atoms with van der Waals surface area (Å²) in [7, 11) is 0. The predicted molar refractivity (Wildman–Crippen MR) is 112 cm³/mol. The van der Waals surface area contributed by atoms with Gasteiger partial charge in [-0.1, -0.05) is 42.5 Å². The molecule has 0 spiro atoms. The molecule has 7 heteroatoms. The molecular weight excluding hydrogens is 380 g/mol. The van der Waals surface area contributed by atoms with Crippen LogP contribution in [0.1, 0.15) is 16.2 Å². The van der Waals surface area contributed by atoms with E-state index in [1.54, 1.807) is 4.90 Å². The van der Waals surface area contributed by atoms with Crippen LogP contribution in [0.25, 0.3) is 22.2 Å². The lowest BCUT2D eigenvalue weighted by Crippen LogP contribution is -2.33. The van der Waals surface area contributed by atoms with Gasteiger partial charge in [0.05, 0.1) is 5.56 Å². The number of aromatic hydroxyl groups is 2. The Labute approximate surface area is 172 Å². The first-order valence-electron chi connectivity index (χ1n) is 9.83. The average molecular weight is 400 g/mol. The Morgan fingerprint density at radius 3 is 2.60 bits per heavy atom. The first-order valence-corrected chi connectivity index (χ1v) is 9.83. The Bertz CT molecular complexity index is 1260. The van der Waals surface area contributed by atoms with Gasteiger partial charge < -0.3 is 19.7 Å². The Morgan fingerprint density at radius 1 is 0.900 bits per heavy atom. The number of benzene rings is 3. The molecule has 0 bridgehead atoms. The van der Waals surface area contributed by atoms with Crippen molar-refractivity contribution in [3.8, 4) is 22.9 Å². The molecule has 3 aromatic carbocycles. The summed E-state index contributed by atoms with van der Waals surface area (Å²) in [6, 6.07) is 18.3. The van der Waals surface area contributed by atoms with E-state index in [1.807, 2.05) is 24.3 Å². The van der Waals surface area contributed by atoms with Crippen molar-refractivity contribution in [2.24, 2.45) is 0 Å². The van der Waals surface area contributed by atoms with Gasteiger partial charge in [0, 0.05) is 37.7 Å². The summed E-state index contributed by atoms with van der Waals surface area (Å²) in [6.07, 6.45) is 0.572. The highest BCUT2D eigenvalue weighted by Gasteiger charge is 2.25. The zero-order valence-electron chi connectivity index (χ0n) is 16.2.